The number of oxime groups is 1. The van der Waals surface area contributed by atoms with Gasteiger partial charge in [0.2, 0.25) is 11.5 Å². The number of hydrogen-bond donors (Lipinski definition) is 8. The summed E-state index contributed by atoms with van der Waals surface area (Å²) in [6.45, 7) is -1.10. The van der Waals surface area contributed by atoms with Crippen LogP contribution in [0.1, 0.15) is 17.0 Å². The minimum Gasteiger partial charge on any atom is -0.503 e. The van der Waals surface area contributed by atoms with Gasteiger partial charge in [0.15, 0.2) is 16.6 Å². The fourth-order valence-electron chi connectivity index (χ4n) is 4.20. The fourth-order valence-corrected chi connectivity index (χ4v) is 5.63. The van der Waals surface area contributed by atoms with Crippen LogP contribution in [0.3, 0.4) is 0 Å². The lowest BCUT2D eigenvalue weighted by atomic mass is 9.98. The third kappa shape index (κ3) is 8.30. The van der Waals surface area contributed by atoms with E-state index < -0.39 is 82.3 Å². The number of carbonyl (C=O) groups is 4. The number of nitrogen functional groups attached to an aromatic ring is 1. The van der Waals surface area contributed by atoms with Crippen molar-refractivity contribution in [3.8, 4) is 5.75 Å². The number of amides is 4. The van der Waals surface area contributed by atoms with Crippen LogP contribution in [0.4, 0.5) is 9.93 Å². The number of pyridine rings is 1. The van der Waals surface area contributed by atoms with Crippen LogP contribution in [-0.2, 0) is 42.5 Å². The minimum atomic E-state index is -5.16. The molecular formula is C25H26N8O12S2. The third-order valence-corrected chi connectivity index (χ3v) is 8.11. The fraction of sp³-hybridized carbons (Fsp3) is 0.240. The Morgan fingerprint density at radius 3 is 2.49 bits per heavy atom. The molecule has 1 aliphatic heterocycles. The molecule has 22 heteroatoms. The Kier molecular flexibility index (Phi) is 10.3. The van der Waals surface area contributed by atoms with Gasteiger partial charge in [0.25, 0.3) is 11.8 Å². The van der Waals surface area contributed by atoms with Gasteiger partial charge in [-0.05, 0) is 5.56 Å². The van der Waals surface area contributed by atoms with E-state index in [1.165, 1.54) is 5.38 Å². The van der Waals surface area contributed by atoms with Crippen LogP contribution >= 0.6 is 11.3 Å². The summed E-state index contributed by atoms with van der Waals surface area (Å²) in [5.41, 5.74) is 4.47. The summed E-state index contributed by atoms with van der Waals surface area (Å²) in [7, 11) is -5.16. The van der Waals surface area contributed by atoms with Gasteiger partial charge in [-0.25, -0.2) is 18.9 Å². The molecule has 250 valence electrons. The quantitative estimate of drug-likeness (QED) is 0.0323. The number of benzene rings is 1. The van der Waals surface area contributed by atoms with Gasteiger partial charge in [0, 0.05) is 24.4 Å². The zero-order valence-electron chi connectivity index (χ0n) is 23.7. The normalized spacial score (nSPS) is 16.9. The Balaban J connectivity index is 1.49. The van der Waals surface area contributed by atoms with Crippen LogP contribution in [-0.4, -0.2) is 96.7 Å². The Bertz CT molecular complexity index is 1880. The number of aliphatic carboxylic acids is 1. The monoisotopic (exact) mass is 694 g/mol. The first-order valence-electron chi connectivity index (χ1n) is 13.1. The highest BCUT2D eigenvalue weighted by Gasteiger charge is 2.54. The summed E-state index contributed by atoms with van der Waals surface area (Å²) in [5.74, 6) is -4.62. The van der Waals surface area contributed by atoms with Gasteiger partial charge < -0.3 is 41.9 Å². The zero-order valence-corrected chi connectivity index (χ0v) is 25.3. The number of rotatable bonds is 13. The van der Waals surface area contributed by atoms with Crippen molar-refractivity contribution in [2.75, 3.05) is 12.3 Å². The summed E-state index contributed by atoms with van der Waals surface area (Å²) < 4.78 is 33.7. The number of thiazole rings is 1. The number of aromatic hydroxyl groups is 1. The lowest BCUT2D eigenvalue weighted by Crippen LogP contribution is -2.74. The van der Waals surface area contributed by atoms with E-state index >= 15 is 0 Å². The Labute approximate surface area is 267 Å². The van der Waals surface area contributed by atoms with Crippen LogP contribution in [0.25, 0.3) is 0 Å². The van der Waals surface area contributed by atoms with E-state index in [2.05, 4.69) is 26.1 Å². The number of nitrogens with two attached hydrogens (primary N) is 1. The first kappa shape index (κ1) is 34.1. The summed E-state index contributed by atoms with van der Waals surface area (Å²) in [6.07, 6.45) is -1.01. The van der Waals surface area contributed by atoms with Crippen LogP contribution in [0.5, 0.6) is 5.75 Å². The van der Waals surface area contributed by atoms with Crippen molar-refractivity contribution >= 4 is 56.3 Å². The number of nitrogens with zero attached hydrogens (tertiary/aromatic N) is 4. The van der Waals surface area contributed by atoms with Gasteiger partial charge in [-0.1, -0.05) is 35.5 Å². The molecule has 4 amide bonds. The molecule has 4 rings (SSSR count). The molecule has 20 nitrogen and oxygen atoms in total. The predicted molar refractivity (Wildman–Crippen MR) is 160 cm³/mol. The van der Waals surface area contributed by atoms with Gasteiger partial charge >= 0.3 is 22.3 Å². The number of β-lactam (4-membered cyclic amide) rings is 1. The van der Waals surface area contributed by atoms with Crippen molar-refractivity contribution in [3.05, 3.63) is 75.1 Å². The molecule has 3 aromatic rings. The van der Waals surface area contributed by atoms with Crippen molar-refractivity contribution in [2.24, 2.45) is 5.16 Å². The van der Waals surface area contributed by atoms with Gasteiger partial charge in [0.05, 0.1) is 24.5 Å². The van der Waals surface area contributed by atoms with Crippen molar-refractivity contribution in [1.82, 2.24) is 30.0 Å². The molecule has 0 radical (unpaired) electrons. The maximum absolute atomic E-state index is 13.3. The number of urea groups is 1. The lowest BCUT2D eigenvalue weighted by Gasteiger charge is -2.44. The molecule has 0 bridgehead atoms. The minimum absolute atomic E-state index is 0.00423. The highest BCUT2D eigenvalue weighted by molar-refractivity contribution is 7.84. The standard InChI is InChI=1S/C25H26N8O12S2/c26-24-29-14(11-46-24)19(31-45-18(23(38)39)6-12-4-2-1-3-5-12)21(36)30-20-15(33(22(20)37)47(42,43)44)9-28-25(40)27-8-13-7-16(34)17(35)10-32(13)41/h1-5,7,10-11,15,18,20,35,41H,6,8-9H2,(H2,26,29)(H,30,36)(H,38,39)(H2,27,28,40)(H,42,43,44)/t15-,18+,20+/m1/s1. The van der Waals surface area contributed by atoms with E-state index in [0.29, 0.717) is 16.5 Å². The predicted octanol–water partition coefficient (Wildman–Crippen LogP) is -1.76. The average molecular weight is 695 g/mol. The first-order valence-corrected chi connectivity index (χ1v) is 15.4. The topological polar surface area (TPSA) is 305 Å². The van der Waals surface area contributed by atoms with Gasteiger partial charge in [0.1, 0.15) is 11.7 Å². The number of carbonyl (C=O) groups excluding carboxylic acids is 3. The number of hydrogen-bond acceptors (Lipinski definition) is 14. The van der Waals surface area contributed by atoms with E-state index in [4.69, 9.17) is 10.6 Å². The molecule has 3 atom stereocenters. The van der Waals surface area contributed by atoms with E-state index in [9.17, 15) is 52.4 Å². The molecule has 0 spiro atoms. The zero-order chi connectivity index (χ0) is 34.5. The SMILES string of the molecule is Nc1nc(C(=NO[C@@H](Cc2ccccc2)C(=O)O)C(=O)N[C@@H]2C(=O)N(S(=O)(=O)O)[C@@H]2CNC(=O)NCc2cc(=O)c(O)cn2O)cs1. The lowest BCUT2D eigenvalue weighted by molar-refractivity contribution is -0.150. The molecule has 0 saturated carbocycles. The molecule has 9 N–H and O–H groups in total. The number of carboxylic acids is 1. The second-order valence-electron chi connectivity index (χ2n) is 9.69. The molecule has 1 aliphatic rings. The largest absolute Gasteiger partial charge is 0.503 e. The Morgan fingerprint density at radius 1 is 1.17 bits per heavy atom. The Morgan fingerprint density at radius 2 is 1.87 bits per heavy atom. The molecular weight excluding hydrogens is 668 g/mol. The molecule has 0 aliphatic carbocycles. The van der Waals surface area contributed by atoms with Crippen molar-refractivity contribution in [3.63, 3.8) is 0 Å². The van der Waals surface area contributed by atoms with Crippen LogP contribution in [0.15, 0.2) is 57.9 Å². The summed E-state index contributed by atoms with van der Waals surface area (Å²) >= 11 is 0.898. The number of nitrogens with one attached hydrogen (secondary N) is 3. The molecule has 1 saturated heterocycles. The maximum Gasteiger partial charge on any atom is 0.362 e. The summed E-state index contributed by atoms with van der Waals surface area (Å²) in [5, 5.41) is 40.4. The van der Waals surface area contributed by atoms with Crippen molar-refractivity contribution in [2.45, 2.75) is 31.2 Å². The van der Waals surface area contributed by atoms with Gasteiger partial charge in [-0.2, -0.15) is 13.1 Å². The summed E-state index contributed by atoms with van der Waals surface area (Å²) in [6, 6.07) is 5.00. The Hall–Kier alpha value is -5.74. The smallest absolute Gasteiger partial charge is 0.362 e. The first-order chi connectivity index (χ1) is 22.1. The average Bonchev–Trinajstić information content (AvgIpc) is 3.43. The molecule has 3 heterocycles. The second kappa shape index (κ2) is 14.1. The highest BCUT2D eigenvalue weighted by atomic mass is 32.2. The number of carboxylic acid groups (broad SMARTS) is 1. The van der Waals surface area contributed by atoms with E-state index in [0.717, 1.165) is 17.4 Å². The van der Waals surface area contributed by atoms with Crippen LogP contribution in [0.2, 0.25) is 0 Å². The van der Waals surface area contributed by atoms with Crippen molar-refractivity contribution in [1.29, 1.82) is 0 Å². The molecule has 0 unspecified atom stereocenters. The number of anilines is 1. The molecule has 2 aromatic heterocycles. The highest BCUT2D eigenvalue weighted by Crippen LogP contribution is 2.24. The van der Waals surface area contributed by atoms with E-state index in [1.807, 2.05) is 0 Å². The third-order valence-electron chi connectivity index (χ3n) is 6.49. The summed E-state index contributed by atoms with van der Waals surface area (Å²) in [4.78, 5) is 71.0. The van der Waals surface area contributed by atoms with E-state index in [-0.39, 0.29) is 27.2 Å². The number of aromatic nitrogens is 2. The molecule has 1 fully saturated rings. The maximum atomic E-state index is 13.3. The molecule has 47 heavy (non-hydrogen) atoms. The van der Waals surface area contributed by atoms with Gasteiger partial charge in [-0.3, -0.25) is 18.9 Å². The van der Waals surface area contributed by atoms with Gasteiger partial charge in [-0.15, -0.1) is 11.3 Å². The van der Waals surface area contributed by atoms with E-state index in [1.54, 1.807) is 30.3 Å². The molecule has 1 aromatic carbocycles. The van der Waals surface area contributed by atoms with Crippen LogP contribution < -0.4 is 27.1 Å². The van der Waals surface area contributed by atoms with Crippen molar-refractivity contribution < 1.29 is 52.4 Å². The second-order valence-corrected chi connectivity index (χ2v) is 11.9. The van der Waals surface area contributed by atoms with Crippen LogP contribution in [0, 0.1) is 0 Å².